The molecule has 27 heavy (non-hydrogen) atoms. The summed E-state index contributed by atoms with van der Waals surface area (Å²) in [6, 6.07) is 12.3. The molecule has 0 spiro atoms. The zero-order valence-corrected chi connectivity index (χ0v) is 16.1. The van der Waals surface area contributed by atoms with Crippen LogP contribution in [0.4, 0.5) is 10.1 Å². The molecule has 2 aromatic rings. The second-order valence-corrected chi connectivity index (χ2v) is 8.99. The van der Waals surface area contributed by atoms with E-state index in [2.05, 4.69) is 5.32 Å². The van der Waals surface area contributed by atoms with Crippen LogP contribution >= 0.6 is 11.6 Å². The van der Waals surface area contributed by atoms with Crippen molar-refractivity contribution in [2.75, 3.05) is 18.4 Å². The summed E-state index contributed by atoms with van der Waals surface area (Å²) in [4.78, 5) is 12.5. The number of hydrogen-bond donors (Lipinski definition) is 1. The lowest BCUT2D eigenvalue weighted by Gasteiger charge is -2.31. The summed E-state index contributed by atoms with van der Waals surface area (Å²) in [5.74, 6) is -1.38. The third-order valence-corrected chi connectivity index (χ3v) is 6.53. The molecule has 5 nitrogen and oxygen atoms in total. The second kappa shape index (κ2) is 8.37. The number of amides is 1. The first kappa shape index (κ1) is 19.8. The molecule has 8 heteroatoms. The Morgan fingerprint density at radius 3 is 2.74 bits per heavy atom. The van der Waals surface area contributed by atoms with E-state index < -0.39 is 21.8 Å². The lowest BCUT2D eigenvalue weighted by Crippen LogP contribution is -2.44. The predicted octanol–water partition coefficient (Wildman–Crippen LogP) is 3.66. The number of carbonyl (C=O) groups excluding carboxylic acids is 1. The third kappa shape index (κ3) is 5.28. The average Bonchev–Trinajstić information content (AvgIpc) is 2.61. The van der Waals surface area contributed by atoms with Gasteiger partial charge in [-0.15, -0.1) is 0 Å². The number of nitrogens with one attached hydrogen (secondary N) is 1. The minimum Gasteiger partial charge on any atom is -0.326 e. The Morgan fingerprint density at radius 2 is 2.00 bits per heavy atom. The summed E-state index contributed by atoms with van der Waals surface area (Å²) in [6.45, 7) is 0.497. The van der Waals surface area contributed by atoms with Crippen LogP contribution in [0.3, 0.4) is 0 Å². The van der Waals surface area contributed by atoms with Crippen LogP contribution in [0.2, 0.25) is 5.02 Å². The lowest BCUT2D eigenvalue weighted by molar-refractivity contribution is -0.120. The first-order valence-electron chi connectivity index (χ1n) is 8.62. The molecule has 0 aromatic heterocycles. The minimum atomic E-state index is -3.56. The molecule has 1 fully saturated rings. The Bertz CT molecular complexity index is 936. The zero-order valence-electron chi connectivity index (χ0n) is 14.6. The number of sulfonamides is 1. The van der Waals surface area contributed by atoms with Crippen molar-refractivity contribution in [2.45, 2.75) is 18.6 Å². The van der Waals surface area contributed by atoms with E-state index in [1.165, 1.54) is 22.5 Å². The van der Waals surface area contributed by atoms with Crippen molar-refractivity contribution >= 4 is 33.2 Å². The quantitative estimate of drug-likeness (QED) is 0.818. The van der Waals surface area contributed by atoms with Crippen LogP contribution in [0, 0.1) is 11.7 Å². The third-order valence-electron chi connectivity index (χ3n) is 4.48. The van der Waals surface area contributed by atoms with Crippen molar-refractivity contribution < 1.29 is 17.6 Å². The summed E-state index contributed by atoms with van der Waals surface area (Å²) in [5.41, 5.74) is 0.966. The van der Waals surface area contributed by atoms with Gasteiger partial charge in [0.25, 0.3) is 0 Å². The molecular formula is C19H20ClFN2O3S. The fourth-order valence-corrected chi connectivity index (χ4v) is 4.96. The van der Waals surface area contributed by atoms with Gasteiger partial charge in [0.1, 0.15) is 5.82 Å². The highest BCUT2D eigenvalue weighted by molar-refractivity contribution is 7.88. The molecule has 1 saturated heterocycles. The number of hydrogen-bond acceptors (Lipinski definition) is 3. The highest BCUT2D eigenvalue weighted by atomic mass is 35.5. The van der Waals surface area contributed by atoms with E-state index in [4.69, 9.17) is 11.6 Å². The molecule has 1 aliphatic heterocycles. The van der Waals surface area contributed by atoms with Crippen molar-refractivity contribution in [2.24, 2.45) is 5.92 Å². The van der Waals surface area contributed by atoms with Crippen LogP contribution < -0.4 is 5.32 Å². The van der Waals surface area contributed by atoms with E-state index in [0.717, 1.165) is 0 Å². The standard InChI is InChI=1S/C19H20ClFN2O3S/c20-16-6-1-4-14(10-16)13-27(25,26)23-9-3-5-15(12-23)19(24)22-18-8-2-7-17(21)11-18/h1-2,4,6-8,10-11,15H,3,5,9,12-13H2,(H,22,24)/t15-/m0/s1. The van der Waals surface area contributed by atoms with Gasteiger partial charge >= 0.3 is 0 Å². The van der Waals surface area contributed by atoms with E-state index in [9.17, 15) is 17.6 Å². The van der Waals surface area contributed by atoms with Gasteiger partial charge < -0.3 is 5.32 Å². The molecule has 1 atom stereocenters. The first-order valence-corrected chi connectivity index (χ1v) is 10.6. The van der Waals surface area contributed by atoms with Gasteiger partial charge in [-0.1, -0.05) is 29.8 Å². The smallest absolute Gasteiger partial charge is 0.228 e. The summed E-state index contributed by atoms with van der Waals surface area (Å²) in [7, 11) is -3.56. The summed E-state index contributed by atoms with van der Waals surface area (Å²) in [6.07, 6.45) is 1.18. The van der Waals surface area contributed by atoms with Crippen LogP contribution in [0.5, 0.6) is 0 Å². The van der Waals surface area contributed by atoms with Crippen molar-refractivity contribution in [3.8, 4) is 0 Å². The monoisotopic (exact) mass is 410 g/mol. The highest BCUT2D eigenvalue weighted by Gasteiger charge is 2.32. The number of benzene rings is 2. The number of piperidine rings is 1. The molecule has 1 N–H and O–H groups in total. The number of rotatable bonds is 5. The SMILES string of the molecule is O=C(Nc1cccc(F)c1)[C@H]1CCCN(S(=O)(=O)Cc2cccc(Cl)c2)C1. The van der Waals surface area contributed by atoms with Crippen molar-refractivity contribution in [3.63, 3.8) is 0 Å². The zero-order chi connectivity index (χ0) is 19.4. The molecule has 2 aromatic carbocycles. The summed E-state index contributed by atoms with van der Waals surface area (Å²) >= 11 is 5.92. The van der Waals surface area contributed by atoms with E-state index in [0.29, 0.717) is 35.7 Å². The van der Waals surface area contributed by atoms with Gasteiger partial charge in [-0.25, -0.2) is 17.1 Å². The van der Waals surface area contributed by atoms with Gasteiger partial charge in [0.15, 0.2) is 0 Å². The van der Waals surface area contributed by atoms with Crippen molar-refractivity contribution in [1.82, 2.24) is 4.31 Å². The minimum absolute atomic E-state index is 0.115. The number of nitrogens with zero attached hydrogens (tertiary/aromatic N) is 1. The lowest BCUT2D eigenvalue weighted by atomic mass is 9.99. The molecule has 0 radical (unpaired) electrons. The topological polar surface area (TPSA) is 66.5 Å². The first-order chi connectivity index (χ1) is 12.8. The van der Waals surface area contributed by atoms with E-state index in [1.807, 2.05) is 0 Å². The van der Waals surface area contributed by atoms with Gasteiger partial charge in [-0.05, 0) is 48.7 Å². The summed E-state index contributed by atoms with van der Waals surface area (Å²) < 4.78 is 40.1. The highest BCUT2D eigenvalue weighted by Crippen LogP contribution is 2.23. The average molecular weight is 411 g/mol. The Labute approximate surface area is 163 Å². The van der Waals surface area contributed by atoms with Gasteiger partial charge in [0, 0.05) is 23.8 Å². The van der Waals surface area contributed by atoms with Gasteiger partial charge in [0.2, 0.25) is 15.9 Å². The molecule has 1 aliphatic rings. The molecule has 0 unspecified atom stereocenters. The fraction of sp³-hybridized carbons (Fsp3) is 0.316. The maximum Gasteiger partial charge on any atom is 0.228 e. The Kier molecular flexibility index (Phi) is 6.14. The predicted molar refractivity (Wildman–Crippen MR) is 103 cm³/mol. The van der Waals surface area contributed by atoms with Gasteiger partial charge in [0.05, 0.1) is 11.7 Å². The van der Waals surface area contributed by atoms with E-state index in [-0.39, 0.29) is 18.2 Å². The van der Waals surface area contributed by atoms with Crippen molar-refractivity contribution in [3.05, 3.63) is 64.9 Å². The molecule has 0 aliphatic carbocycles. The number of anilines is 1. The largest absolute Gasteiger partial charge is 0.326 e. The molecule has 0 bridgehead atoms. The van der Waals surface area contributed by atoms with Crippen LogP contribution in [0.25, 0.3) is 0 Å². The Morgan fingerprint density at radius 1 is 1.22 bits per heavy atom. The second-order valence-electron chi connectivity index (χ2n) is 6.58. The molecular weight excluding hydrogens is 391 g/mol. The van der Waals surface area contributed by atoms with Crippen LogP contribution in [0.1, 0.15) is 18.4 Å². The Balaban J connectivity index is 1.66. The Hall–Kier alpha value is -1.96. The normalized spacial score (nSPS) is 18.2. The maximum absolute atomic E-state index is 13.3. The summed E-state index contributed by atoms with van der Waals surface area (Å²) in [5, 5.41) is 3.14. The molecule has 3 rings (SSSR count). The fourth-order valence-electron chi connectivity index (χ4n) is 3.15. The van der Waals surface area contributed by atoms with Gasteiger partial charge in [-0.3, -0.25) is 4.79 Å². The number of halogens is 2. The molecule has 1 amide bonds. The van der Waals surface area contributed by atoms with Crippen LogP contribution in [-0.2, 0) is 20.6 Å². The van der Waals surface area contributed by atoms with Crippen LogP contribution in [0.15, 0.2) is 48.5 Å². The van der Waals surface area contributed by atoms with Gasteiger partial charge in [-0.2, -0.15) is 0 Å². The molecule has 1 heterocycles. The molecule has 144 valence electrons. The van der Waals surface area contributed by atoms with E-state index >= 15 is 0 Å². The molecule has 0 saturated carbocycles. The van der Waals surface area contributed by atoms with E-state index in [1.54, 1.807) is 30.3 Å². The van der Waals surface area contributed by atoms with Crippen LogP contribution in [-0.4, -0.2) is 31.7 Å². The van der Waals surface area contributed by atoms with Crippen molar-refractivity contribution in [1.29, 1.82) is 0 Å². The maximum atomic E-state index is 13.3. The number of carbonyl (C=O) groups is 1.